The maximum absolute atomic E-state index is 12.9. The average molecular weight is 450 g/mol. The zero-order valence-electron chi connectivity index (χ0n) is 15.7. The highest BCUT2D eigenvalue weighted by atomic mass is 79.9. The number of carbonyl (C=O) groups is 2. The molecule has 1 aliphatic heterocycles. The van der Waals surface area contributed by atoms with Crippen LogP contribution in [0.4, 0.5) is 5.69 Å². The molecule has 29 heavy (non-hydrogen) atoms. The first-order valence-corrected chi connectivity index (χ1v) is 10.3. The first-order chi connectivity index (χ1) is 14.1. The molecule has 2 amide bonds. The van der Waals surface area contributed by atoms with Crippen LogP contribution in [0.15, 0.2) is 77.3 Å². The Balaban J connectivity index is 1.49. The lowest BCUT2D eigenvalue weighted by atomic mass is 10.0. The molecule has 0 radical (unpaired) electrons. The van der Waals surface area contributed by atoms with Crippen LogP contribution in [0.25, 0.3) is 11.3 Å². The molecule has 1 atom stereocenters. The van der Waals surface area contributed by atoms with E-state index in [1.807, 2.05) is 60.7 Å². The van der Waals surface area contributed by atoms with E-state index in [9.17, 15) is 9.59 Å². The monoisotopic (exact) mass is 449 g/mol. The minimum Gasteiger partial charge on any atom is -0.339 e. The molecule has 0 spiro atoms. The lowest BCUT2D eigenvalue weighted by Gasteiger charge is -2.32. The van der Waals surface area contributed by atoms with E-state index in [2.05, 4.69) is 26.2 Å². The second-order valence-corrected chi connectivity index (χ2v) is 7.82. The zero-order chi connectivity index (χ0) is 20.2. The summed E-state index contributed by atoms with van der Waals surface area (Å²) in [4.78, 5) is 31.9. The molecule has 1 unspecified atom stereocenters. The van der Waals surface area contributed by atoms with Crippen LogP contribution in [-0.2, 0) is 4.79 Å². The molecule has 1 aromatic heterocycles. The smallest absolute Gasteiger partial charge is 0.270 e. The van der Waals surface area contributed by atoms with Crippen LogP contribution in [0.2, 0.25) is 0 Å². The maximum atomic E-state index is 12.9. The molecule has 0 aliphatic carbocycles. The summed E-state index contributed by atoms with van der Waals surface area (Å²) < 4.78 is 0.958. The number of benzene rings is 2. The fourth-order valence-corrected chi connectivity index (χ4v) is 3.71. The molecule has 146 valence electrons. The van der Waals surface area contributed by atoms with Crippen LogP contribution in [0.3, 0.4) is 0 Å². The van der Waals surface area contributed by atoms with Crippen LogP contribution in [-0.4, -0.2) is 29.4 Å². The highest BCUT2D eigenvalue weighted by Gasteiger charge is 2.31. The molecule has 1 saturated heterocycles. The first kappa shape index (κ1) is 19.3. The molecule has 0 saturated carbocycles. The number of hydrogen-bond donors (Lipinski definition) is 1. The SMILES string of the molecule is O=C(NC1CCCN(c2ccc(Br)cc2)C1=O)c1cccc(-c2ccccc2)n1. The molecule has 3 aromatic rings. The number of halogens is 1. The Morgan fingerprint density at radius 2 is 1.76 bits per heavy atom. The van der Waals surface area contributed by atoms with Gasteiger partial charge in [-0.1, -0.05) is 52.3 Å². The topological polar surface area (TPSA) is 62.3 Å². The Morgan fingerprint density at radius 3 is 2.52 bits per heavy atom. The molecule has 1 N–H and O–H groups in total. The van der Waals surface area contributed by atoms with E-state index in [1.54, 1.807) is 17.0 Å². The fraction of sp³-hybridized carbons (Fsp3) is 0.174. The van der Waals surface area contributed by atoms with Gasteiger partial charge in [0.25, 0.3) is 5.91 Å². The van der Waals surface area contributed by atoms with Crippen molar-refractivity contribution < 1.29 is 9.59 Å². The van der Waals surface area contributed by atoms with Gasteiger partial charge in [-0.25, -0.2) is 4.98 Å². The van der Waals surface area contributed by atoms with Crippen LogP contribution >= 0.6 is 15.9 Å². The van der Waals surface area contributed by atoms with Crippen molar-refractivity contribution in [2.24, 2.45) is 0 Å². The van der Waals surface area contributed by atoms with E-state index in [4.69, 9.17) is 0 Å². The number of amides is 2. The summed E-state index contributed by atoms with van der Waals surface area (Å²) in [6.07, 6.45) is 1.44. The summed E-state index contributed by atoms with van der Waals surface area (Å²) in [5.41, 5.74) is 2.81. The van der Waals surface area contributed by atoms with E-state index >= 15 is 0 Å². The molecule has 0 bridgehead atoms. The zero-order valence-corrected chi connectivity index (χ0v) is 17.3. The fourth-order valence-electron chi connectivity index (χ4n) is 3.45. The van der Waals surface area contributed by atoms with Crippen LogP contribution in [0, 0.1) is 0 Å². The molecular weight excluding hydrogens is 430 g/mol. The number of pyridine rings is 1. The number of carbonyl (C=O) groups excluding carboxylic acids is 2. The van der Waals surface area contributed by atoms with Gasteiger partial charge in [0, 0.05) is 22.3 Å². The predicted octanol–water partition coefficient (Wildman–Crippen LogP) is 4.44. The number of hydrogen-bond acceptors (Lipinski definition) is 3. The predicted molar refractivity (Wildman–Crippen MR) is 117 cm³/mol. The summed E-state index contributed by atoms with van der Waals surface area (Å²) in [5, 5.41) is 2.87. The third kappa shape index (κ3) is 4.38. The highest BCUT2D eigenvalue weighted by molar-refractivity contribution is 9.10. The Bertz CT molecular complexity index is 1020. The average Bonchev–Trinajstić information content (AvgIpc) is 2.77. The van der Waals surface area contributed by atoms with Gasteiger partial charge < -0.3 is 10.2 Å². The molecular formula is C23H20BrN3O2. The molecule has 6 heteroatoms. The van der Waals surface area contributed by atoms with Crippen molar-refractivity contribution in [1.29, 1.82) is 0 Å². The maximum Gasteiger partial charge on any atom is 0.270 e. The van der Waals surface area contributed by atoms with Crippen LogP contribution in [0.1, 0.15) is 23.3 Å². The molecule has 2 aromatic carbocycles. The number of aromatic nitrogens is 1. The number of nitrogens with one attached hydrogen (secondary N) is 1. The van der Waals surface area contributed by atoms with Crippen molar-refractivity contribution in [3.8, 4) is 11.3 Å². The van der Waals surface area contributed by atoms with E-state index in [-0.39, 0.29) is 11.8 Å². The summed E-state index contributed by atoms with van der Waals surface area (Å²) in [7, 11) is 0. The first-order valence-electron chi connectivity index (χ1n) is 9.52. The summed E-state index contributed by atoms with van der Waals surface area (Å²) in [6, 6.07) is 22.1. The van der Waals surface area contributed by atoms with Gasteiger partial charge in [-0.15, -0.1) is 0 Å². The van der Waals surface area contributed by atoms with Gasteiger partial charge in [0.15, 0.2) is 0 Å². The van der Waals surface area contributed by atoms with E-state index in [1.165, 1.54) is 0 Å². The van der Waals surface area contributed by atoms with Crippen molar-refractivity contribution >= 4 is 33.4 Å². The van der Waals surface area contributed by atoms with Gasteiger partial charge in [0.05, 0.1) is 5.69 Å². The van der Waals surface area contributed by atoms with Crippen molar-refractivity contribution in [2.75, 3.05) is 11.4 Å². The van der Waals surface area contributed by atoms with Gasteiger partial charge in [0.1, 0.15) is 11.7 Å². The van der Waals surface area contributed by atoms with Crippen molar-refractivity contribution in [3.05, 3.63) is 83.0 Å². The summed E-state index contributed by atoms with van der Waals surface area (Å²) >= 11 is 3.41. The van der Waals surface area contributed by atoms with Crippen LogP contribution < -0.4 is 10.2 Å². The Hall–Kier alpha value is -2.99. The molecule has 1 aliphatic rings. The number of rotatable bonds is 4. The Labute approximate surface area is 177 Å². The largest absolute Gasteiger partial charge is 0.339 e. The third-order valence-electron chi connectivity index (χ3n) is 4.93. The van der Waals surface area contributed by atoms with Crippen LogP contribution in [0.5, 0.6) is 0 Å². The molecule has 2 heterocycles. The van der Waals surface area contributed by atoms with E-state index < -0.39 is 6.04 Å². The third-order valence-corrected chi connectivity index (χ3v) is 5.46. The lowest BCUT2D eigenvalue weighted by molar-refractivity contribution is -0.121. The van der Waals surface area contributed by atoms with Gasteiger partial charge in [-0.2, -0.15) is 0 Å². The summed E-state index contributed by atoms with van der Waals surface area (Å²) in [5.74, 6) is -0.426. The Kier molecular flexibility index (Phi) is 5.71. The lowest BCUT2D eigenvalue weighted by Crippen LogP contribution is -2.52. The highest BCUT2D eigenvalue weighted by Crippen LogP contribution is 2.23. The van der Waals surface area contributed by atoms with Crippen molar-refractivity contribution in [1.82, 2.24) is 10.3 Å². The number of piperidine rings is 1. The minimum absolute atomic E-state index is 0.0915. The van der Waals surface area contributed by atoms with E-state index in [0.717, 1.165) is 27.8 Å². The van der Waals surface area contributed by atoms with E-state index in [0.29, 0.717) is 18.7 Å². The second-order valence-electron chi connectivity index (χ2n) is 6.91. The van der Waals surface area contributed by atoms with Crippen molar-refractivity contribution in [3.63, 3.8) is 0 Å². The standard InChI is InChI=1S/C23H20BrN3O2/c24-17-11-13-18(14-12-17)27-15-5-10-21(23(27)29)26-22(28)20-9-4-8-19(25-20)16-6-2-1-3-7-16/h1-4,6-9,11-14,21H,5,10,15H2,(H,26,28). The minimum atomic E-state index is -0.554. The van der Waals surface area contributed by atoms with Gasteiger partial charge >= 0.3 is 0 Å². The van der Waals surface area contributed by atoms with Gasteiger partial charge in [-0.05, 0) is 49.2 Å². The molecule has 5 nitrogen and oxygen atoms in total. The van der Waals surface area contributed by atoms with Crippen molar-refractivity contribution in [2.45, 2.75) is 18.9 Å². The normalized spacial score (nSPS) is 16.5. The molecule has 4 rings (SSSR count). The quantitative estimate of drug-likeness (QED) is 0.640. The summed E-state index contributed by atoms with van der Waals surface area (Å²) in [6.45, 7) is 0.647. The number of nitrogens with zero attached hydrogens (tertiary/aromatic N) is 2. The molecule has 1 fully saturated rings. The second kappa shape index (κ2) is 8.57. The Morgan fingerprint density at radius 1 is 1.00 bits per heavy atom. The number of anilines is 1. The van der Waals surface area contributed by atoms with Gasteiger partial charge in [-0.3, -0.25) is 9.59 Å². The van der Waals surface area contributed by atoms with Gasteiger partial charge in [0.2, 0.25) is 5.91 Å².